The Morgan fingerprint density at radius 1 is 1.25 bits per heavy atom. The summed E-state index contributed by atoms with van der Waals surface area (Å²) in [6.45, 7) is 0.898. The smallest absolute Gasteiger partial charge is 0.191 e. The summed E-state index contributed by atoms with van der Waals surface area (Å²) in [5, 5.41) is 15.4. The first-order chi connectivity index (χ1) is 11.2. The minimum Gasteiger partial charge on any atom is -0.392 e. The predicted molar refractivity (Wildman–Crippen MR) is 104 cm³/mol. The number of aliphatic imine (C=N–C) groups is 1. The molecule has 0 aliphatic rings. The number of nitrogens with zero attached hydrogens (tertiary/aromatic N) is 2. The maximum Gasteiger partial charge on any atom is 0.191 e. The van der Waals surface area contributed by atoms with Gasteiger partial charge in [0.05, 0.1) is 6.61 Å². The van der Waals surface area contributed by atoms with Crippen LogP contribution in [-0.4, -0.2) is 29.6 Å². The van der Waals surface area contributed by atoms with Crippen LogP contribution in [-0.2, 0) is 19.6 Å². The van der Waals surface area contributed by atoms with E-state index >= 15 is 0 Å². The zero-order valence-corrected chi connectivity index (χ0v) is 15.8. The van der Waals surface area contributed by atoms with Crippen LogP contribution in [0.1, 0.15) is 16.8 Å². The van der Waals surface area contributed by atoms with Crippen molar-refractivity contribution in [1.29, 1.82) is 0 Å². The molecule has 0 saturated carbocycles. The second-order valence-electron chi connectivity index (χ2n) is 5.01. The monoisotopic (exact) mass is 444 g/mol. The molecule has 5 nitrogen and oxygen atoms in total. The van der Waals surface area contributed by atoms with Gasteiger partial charge in [0.15, 0.2) is 5.96 Å². The molecule has 24 heavy (non-hydrogen) atoms. The molecule has 7 heteroatoms. The van der Waals surface area contributed by atoms with Crippen LogP contribution in [0.25, 0.3) is 0 Å². The van der Waals surface area contributed by atoms with E-state index in [1.165, 1.54) is 6.07 Å². The summed E-state index contributed by atoms with van der Waals surface area (Å²) in [4.78, 5) is 8.41. The topological polar surface area (TPSA) is 69.5 Å². The highest BCUT2D eigenvalue weighted by Gasteiger charge is 2.04. The Morgan fingerprint density at radius 3 is 2.75 bits per heavy atom. The van der Waals surface area contributed by atoms with Gasteiger partial charge in [0.25, 0.3) is 0 Å². The first kappa shape index (κ1) is 20.3. The summed E-state index contributed by atoms with van der Waals surface area (Å²) in [5.74, 6) is 0.268. The molecule has 0 bridgehead atoms. The SMILES string of the molecule is CN=C(NCCc1ccccn1)NCc1ccc(F)c(CO)c1.I. The lowest BCUT2D eigenvalue weighted by molar-refractivity contribution is 0.275. The molecule has 0 aliphatic heterocycles. The molecular formula is C17H22FIN4O. The number of hydrogen-bond donors (Lipinski definition) is 3. The summed E-state index contributed by atoms with van der Waals surface area (Å²) in [6, 6.07) is 10.5. The third kappa shape index (κ3) is 6.40. The van der Waals surface area contributed by atoms with Gasteiger partial charge in [0.2, 0.25) is 0 Å². The number of nitrogens with one attached hydrogen (secondary N) is 2. The van der Waals surface area contributed by atoms with Crippen LogP contribution in [0.5, 0.6) is 0 Å². The van der Waals surface area contributed by atoms with Gasteiger partial charge in [-0.2, -0.15) is 0 Å². The van der Waals surface area contributed by atoms with E-state index in [0.717, 1.165) is 17.7 Å². The largest absolute Gasteiger partial charge is 0.392 e. The molecule has 0 amide bonds. The van der Waals surface area contributed by atoms with E-state index in [0.29, 0.717) is 24.6 Å². The fourth-order valence-corrected chi connectivity index (χ4v) is 2.12. The maximum atomic E-state index is 13.3. The van der Waals surface area contributed by atoms with Gasteiger partial charge in [-0.1, -0.05) is 12.1 Å². The van der Waals surface area contributed by atoms with E-state index < -0.39 is 5.82 Å². The van der Waals surface area contributed by atoms with E-state index in [1.54, 1.807) is 25.4 Å². The van der Waals surface area contributed by atoms with Crippen LogP contribution in [0.15, 0.2) is 47.6 Å². The molecular weight excluding hydrogens is 422 g/mol. The third-order valence-electron chi connectivity index (χ3n) is 3.36. The molecule has 0 aliphatic carbocycles. The molecule has 0 unspecified atom stereocenters. The number of hydrogen-bond acceptors (Lipinski definition) is 3. The molecule has 3 N–H and O–H groups in total. The van der Waals surface area contributed by atoms with Crippen molar-refractivity contribution in [3.8, 4) is 0 Å². The van der Waals surface area contributed by atoms with Crippen molar-refractivity contribution in [2.45, 2.75) is 19.6 Å². The Bertz CT molecular complexity index is 652. The van der Waals surface area contributed by atoms with E-state index in [1.807, 2.05) is 18.2 Å². The molecule has 130 valence electrons. The predicted octanol–water partition coefficient (Wildman–Crippen LogP) is 2.24. The summed E-state index contributed by atoms with van der Waals surface area (Å²) < 4.78 is 13.3. The summed E-state index contributed by atoms with van der Waals surface area (Å²) in [6.07, 6.45) is 2.57. The molecule has 0 saturated heterocycles. The Kier molecular flexibility index (Phi) is 9.24. The average molecular weight is 444 g/mol. The van der Waals surface area contributed by atoms with Crippen molar-refractivity contribution in [3.05, 3.63) is 65.2 Å². The first-order valence-electron chi connectivity index (χ1n) is 7.45. The number of rotatable bonds is 6. The van der Waals surface area contributed by atoms with Crippen molar-refractivity contribution in [2.75, 3.05) is 13.6 Å². The molecule has 0 radical (unpaired) electrons. The highest BCUT2D eigenvalue weighted by molar-refractivity contribution is 14.0. The van der Waals surface area contributed by atoms with Crippen LogP contribution in [0.3, 0.4) is 0 Å². The molecule has 0 fully saturated rings. The zero-order valence-electron chi connectivity index (χ0n) is 13.5. The molecule has 1 aromatic heterocycles. The van der Waals surface area contributed by atoms with Crippen molar-refractivity contribution in [3.63, 3.8) is 0 Å². The number of halogens is 2. The normalized spacial score (nSPS) is 10.9. The highest BCUT2D eigenvalue weighted by Crippen LogP contribution is 2.10. The van der Waals surface area contributed by atoms with Crippen molar-refractivity contribution in [2.24, 2.45) is 4.99 Å². The highest BCUT2D eigenvalue weighted by atomic mass is 127. The lowest BCUT2D eigenvalue weighted by Crippen LogP contribution is -2.37. The summed E-state index contributed by atoms with van der Waals surface area (Å²) in [5.41, 5.74) is 2.19. The van der Waals surface area contributed by atoms with Gasteiger partial charge in [0, 0.05) is 44.0 Å². The fourth-order valence-electron chi connectivity index (χ4n) is 2.12. The maximum absolute atomic E-state index is 13.3. The molecule has 1 heterocycles. The van der Waals surface area contributed by atoms with Crippen molar-refractivity contribution >= 4 is 29.9 Å². The third-order valence-corrected chi connectivity index (χ3v) is 3.36. The number of aliphatic hydroxyl groups is 1. The summed E-state index contributed by atoms with van der Waals surface area (Å²) in [7, 11) is 1.69. The van der Waals surface area contributed by atoms with Crippen molar-refractivity contribution in [1.82, 2.24) is 15.6 Å². The molecule has 1 aromatic carbocycles. The quantitative estimate of drug-likeness (QED) is 0.363. The standard InChI is InChI=1S/C17H21FN4O.HI/c1-19-17(21-9-7-15-4-2-3-8-20-15)22-11-13-5-6-16(18)14(10-13)12-23;/h2-6,8,10,23H,7,9,11-12H2,1H3,(H2,19,21,22);1H. The van der Waals surface area contributed by atoms with Gasteiger partial charge in [-0.15, -0.1) is 24.0 Å². The fraction of sp³-hybridized carbons (Fsp3) is 0.294. The number of pyridine rings is 1. The van der Waals surface area contributed by atoms with Crippen LogP contribution < -0.4 is 10.6 Å². The van der Waals surface area contributed by atoms with E-state index in [2.05, 4.69) is 20.6 Å². The Labute approximate surface area is 158 Å². The van der Waals surface area contributed by atoms with Crippen LogP contribution in [0, 0.1) is 5.82 Å². The van der Waals surface area contributed by atoms with Gasteiger partial charge in [-0.3, -0.25) is 9.98 Å². The molecule has 0 atom stereocenters. The second-order valence-corrected chi connectivity index (χ2v) is 5.01. The Morgan fingerprint density at radius 2 is 2.08 bits per heavy atom. The van der Waals surface area contributed by atoms with Gasteiger partial charge in [-0.25, -0.2) is 4.39 Å². The number of aromatic nitrogens is 1. The van der Waals surface area contributed by atoms with Crippen LogP contribution in [0.4, 0.5) is 4.39 Å². The Balaban J connectivity index is 0.00000288. The van der Waals surface area contributed by atoms with E-state index in [4.69, 9.17) is 5.11 Å². The first-order valence-corrected chi connectivity index (χ1v) is 7.45. The zero-order chi connectivity index (χ0) is 16.5. The minimum absolute atomic E-state index is 0. The second kappa shape index (κ2) is 10.9. The number of aliphatic hydroxyl groups excluding tert-OH is 1. The molecule has 2 rings (SSSR count). The van der Waals surface area contributed by atoms with Gasteiger partial charge in [0.1, 0.15) is 5.82 Å². The van der Waals surface area contributed by atoms with E-state index in [9.17, 15) is 4.39 Å². The van der Waals surface area contributed by atoms with Gasteiger partial charge in [-0.05, 0) is 29.8 Å². The lowest BCUT2D eigenvalue weighted by Gasteiger charge is -2.12. The molecule has 2 aromatic rings. The van der Waals surface area contributed by atoms with Crippen LogP contribution >= 0.6 is 24.0 Å². The molecule has 0 spiro atoms. The van der Waals surface area contributed by atoms with Gasteiger partial charge < -0.3 is 15.7 Å². The lowest BCUT2D eigenvalue weighted by atomic mass is 10.1. The minimum atomic E-state index is -0.394. The van der Waals surface area contributed by atoms with E-state index in [-0.39, 0.29) is 30.6 Å². The van der Waals surface area contributed by atoms with Crippen molar-refractivity contribution < 1.29 is 9.50 Å². The van der Waals surface area contributed by atoms with Crippen LogP contribution in [0.2, 0.25) is 0 Å². The number of benzene rings is 1. The Hall–Kier alpha value is -1.74. The average Bonchev–Trinajstić information content (AvgIpc) is 2.60. The summed E-state index contributed by atoms with van der Waals surface area (Å²) >= 11 is 0. The number of guanidine groups is 1. The van der Waals surface area contributed by atoms with Gasteiger partial charge >= 0.3 is 0 Å².